The second kappa shape index (κ2) is 9.60. The molecule has 1 fully saturated rings. The van der Waals surface area contributed by atoms with E-state index >= 15 is 0 Å². The summed E-state index contributed by atoms with van der Waals surface area (Å²) in [4.78, 5) is 1.55. The van der Waals surface area contributed by atoms with Crippen LogP contribution in [-0.4, -0.2) is 47.8 Å². The lowest BCUT2D eigenvalue weighted by atomic mass is 10.2. The van der Waals surface area contributed by atoms with E-state index < -0.39 is 23.2 Å². The Morgan fingerprint density at radius 1 is 1.00 bits per heavy atom. The van der Waals surface area contributed by atoms with E-state index in [1.165, 1.54) is 24.3 Å². The lowest BCUT2D eigenvalue weighted by Crippen LogP contribution is -2.43. The van der Waals surface area contributed by atoms with Crippen molar-refractivity contribution in [1.82, 2.24) is 5.32 Å². The summed E-state index contributed by atoms with van der Waals surface area (Å²) in [6.07, 6.45) is 0. The third kappa shape index (κ3) is 5.91. The summed E-state index contributed by atoms with van der Waals surface area (Å²) in [5.41, 5.74) is 0.746. The molecule has 2 aromatic carbocycles. The Bertz CT molecular complexity index is 1020. The molecule has 7 nitrogen and oxygen atoms in total. The van der Waals surface area contributed by atoms with E-state index in [2.05, 4.69) is 19.5 Å². The summed E-state index contributed by atoms with van der Waals surface area (Å²) in [6, 6.07) is 7.42. The van der Waals surface area contributed by atoms with Crippen molar-refractivity contribution in [3.05, 3.63) is 42.0 Å². The van der Waals surface area contributed by atoms with Crippen LogP contribution in [0, 0.1) is 6.92 Å². The monoisotopic (exact) mass is 463 g/mol. The van der Waals surface area contributed by atoms with Crippen molar-refractivity contribution in [1.29, 1.82) is 0 Å². The van der Waals surface area contributed by atoms with Crippen LogP contribution in [0.15, 0.2) is 41.3 Å². The van der Waals surface area contributed by atoms with Gasteiger partial charge in [0.1, 0.15) is 11.5 Å². The summed E-state index contributed by atoms with van der Waals surface area (Å²) < 4.78 is 87.6. The first-order chi connectivity index (χ1) is 14.7. The highest BCUT2D eigenvalue weighted by Crippen LogP contribution is 2.34. The smallest absolute Gasteiger partial charge is 0.387 e. The number of halogens is 4. The number of nitrogens with one attached hydrogen (secondary N) is 2. The summed E-state index contributed by atoms with van der Waals surface area (Å²) in [7, 11) is -4.17. The number of anilines is 2. The van der Waals surface area contributed by atoms with E-state index in [9.17, 15) is 26.0 Å². The van der Waals surface area contributed by atoms with Crippen LogP contribution in [0.2, 0.25) is 0 Å². The Morgan fingerprint density at radius 3 is 2.32 bits per heavy atom. The Kier molecular flexibility index (Phi) is 7.11. The lowest BCUT2D eigenvalue weighted by Gasteiger charge is -2.31. The summed E-state index contributed by atoms with van der Waals surface area (Å²) in [5, 5.41) is 3.12. The fraction of sp³-hybridized carbons (Fsp3) is 0.368. The van der Waals surface area contributed by atoms with E-state index in [4.69, 9.17) is 0 Å². The minimum atomic E-state index is -4.17. The standard InChI is InChI=1S/C19H21F4N3O4S/c1-12-2-3-13(29-18(20)21)10-15(12)25-31(27,28)14-4-5-17(30-19(22)23)16(11-14)26-8-6-24-7-9-26/h2-5,10-11,18-19,24-25H,6-9H2,1H3. The molecule has 0 radical (unpaired) electrons. The minimum Gasteiger partial charge on any atom is -0.435 e. The molecule has 12 heteroatoms. The van der Waals surface area contributed by atoms with Crippen LogP contribution >= 0.6 is 0 Å². The second-order valence-electron chi connectivity index (χ2n) is 6.71. The molecule has 0 aromatic heterocycles. The van der Waals surface area contributed by atoms with Gasteiger partial charge < -0.3 is 19.7 Å². The van der Waals surface area contributed by atoms with Gasteiger partial charge in [-0.25, -0.2) is 8.42 Å². The van der Waals surface area contributed by atoms with Crippen molar-refractivity contribution in [2.24, 2.45) is 0 Å². The predicted octanol–water partition coefficient (Wildman–Crippen LogP) is 3.41. The Labute approximate surface area is 177 Å². The molecule has 0 spiro atoms. The van der Waals surface area contributed by atoms with Crippen molar-refractivity contribution in [2.45, 2.75) is 25.0 Å². The van der Waals surface area contributed by atoms with Gasteiger partial charge in [-0.3, -0.25) is 4.72 Å². The molecular formula is C19H21F4N3O4S. The second-order valence-corrected chi connectivity index (χ2v) is 8.39. The SMILES string of the molecule is Cc1ccc(OC(F)F)cc1NS(=O)(=O)c1ccc(OC(F)F)c(N2CCNCC2)c1. The van der Waals surface area contributed by atoms with E-state index in [1.807, 2.05) is 0 Å². The summed E-state index contributed by atoms with van der Waals surface area (Å²) in [6.45, 7) is -2.39. The topological polar surface area (TPSA) is 79.9 Å². The van der Waals surface area contributed by atoms with Gasteiger partial charge in [0.2, 0.25) is 0 Å². The number of benzene rings is 2. The molecule has 0 bridgehead atoms. The molecule has 0 saturated carbocycles. The zero-order valence-corrected chi connectivity index (χ0v) is 17.3. The molecule has 1 aliphatic rings. The maximum absolute atomic E-state index is 12.9. The van der Waals surface area contributed by atoms with Crippen LogP contribution in [0.1, 0.15) is 5.56 Å². The molecule has 0 aliphatic carbocycles. The zero-order chi connectivity index (χ0) is 22.6. The highest BCUT2D eigenvalue weighted by atomic mass is 32.2. The summed E-state index contributed by atoms with van der Waals surface area (Å²) in [5.74, 6) is -0.347. The van der Waals surface area contributed by atoms with Crippen LogP contribution in [0.25, 0.3) is 0 Å². The number of nitrogens with zero attached hydrogens (tertiary/aromatic N) is 1. The zero-order valence-electron chi connectivity index (χ0n) is 16.4. The molecule has 0 amide bonds. The molecule has 31 heavy (non-hydrogen) atoms. The molecule has 0 atom stereocenters. The van der Waals surface area contributed by atoms with Crippen LogP contribution in [0.5, 0.6) is 11.5 Å². The van der Waals surface area contributed by atoms with Crippen molar-refractivity contribution in [3.8, 4) is 11.5 Å². The molecule has 3 rings (SSSR count). The van der Waals surface area contributed by atoms with Crippen LogP contribution in [0.4, 0.5) is 28.9 Å². The number of rotatable bonds is 8. The molecule has 0 unspecified atom stereocenters. The van der Waals surface area contributed by atoms with Gasteiger partial charge in [-0.15, -0.1) is 0 Å². The van der Waals surface area contributed by atoms with Gasteiger partial charge in [-0.05, 0) is 36.8 Å². The minimum absolute atomic E-state index is 0.0507. The van der Waals surface area contributed by atoms with E-state index in [0.29, 0.717) is 31.7 Å². The van der Waals surface area contributed by atoms with Crippen molar-refractivity contribution in [3.63, 3.8) is 0 Å². The molecule has 170 valence electrons. The quantitative estimate of drug-likeness (QED) is 0.585. The number of aryl methyl sites for hydroxylation is 1. The first kappa shape index (κ1) is 22.9. The van der Waals surface area contributed by atoms with E-state index in [0.717, 1.165) is 12.1 Å². The molecule has 2 N–H and O–H groups in total. The molecule has 1 heterocycles. The maximum Gasteiger partial charge on any atom is 0.387 e. The molecule has 2 aromatic rings. The van der Waals surface area contributed by atoms with Gasteiger partial charge in [-0.2, -0.15) is 17.6 Å². The number of alkyl halides is 4. The van der Waals surface area contributed by atoms with Gasteiger partial charge in [0.05, 0.1) is 16.3 Å². The van der Waals surface area contributed by atoms with Gasteiger partial charge in [-0.1, -0.05) is 6.07 Å². The van der Waals surface area contributed by atoms with E-state index in [1.54, 1.807) is 11.8 Å². The Balaban J connectivity index is 1.93. The van der Waals surface area contributed by atoms with Crippen molar-refractivity contribution < 1.29 is 35.5 Å². The van der Waals surface area contributed by atoms with Gasteiger partial charge in [0, 0.05) is 32.2 Å². The lowest BCUT2D eigenvalue weighted by molar-refractivity contribution is -0.0503. The molecular weight excluding hydrogens is 442 g/mol. The Morgan fingerprint density at radius 2 is 1.68 bits per heavy atom. The van der Waals surface area contributed by atoms with Gasteiger partial charge in [0.15, 0.2) is 0 Å². The summed E-state index contributed by atoms with van der Waals surface area (Å²) >= 11 is 0. The number of piperazine rings is 1. The normalized spacial score (nSPS) is 14.7. The number of sulfonamides is 1. The largest absolute Gasteiger partial charge is 0.435 e. The third-order valence-corrected chi connectivity index (χ3v) is 5.96. The molecule has 1 aliphatic heterocycles. The maximum atomic E-state index is 12.9. The van der Waals surface area contributed by atoms with Crippen LogP contribution in [0.3, 0.4) is 0 Å². The van der Waals surface area contributed by atoms with Crippen molar-refractivity contribution in [2.75, 3.05) is 35.8 Å². The van der Waals surface area contributed by atoms with E-state index in [-0.39, 0.29) is 27.8 Å². The average molecular weight is 463 g/mol. The number of ether oxygens (including phenoxy) is 2. The third-order valence-electron chi connectivity index (χ3n) is 4.59. The van der Waals surface area contributed by atoms with Crippen molar-refractivity contribution >= 4 is 21.4 Å². The average Bonchev–Trinajstić information content (AvgIpc) is 2.70. The van der Waals surface area contributed by atoms with Crippen LogP contribution < -0.4 is 24.4 Å². The fourth-order valence-electron chi connectivity index (χ4n) is 3.10. The predicted molar refractivity (Wildman–Crippen MR) is 107 cm³/mol. The highest BCUT2D eigenvalue weighted by molar-refractivity contribution is 7.92. The first-order valence-electron chi connectivity index (χ1n) is 9.28. The van der Waals surface area contributed by atoms with Gasteiger partial charge in [0.25, 0.3) is 10.0 Å². The molecule has 1 saturated heterocycles. The Hall–Kier alpha value is -2.73. The first-order valence-corrected chi connectivity index (χ1v) is 10.8. The van der Waals surface area contributed by atoms with Crippen LogP contribution in [-0.2, 0) is 10.0 Å². The number of hydrogen-bond donors (Lipinski definition) is 2. The number of hydrogen-bond acceptors (Lipinski definition) is 6. The highest BCUT2D eigenvalue weighted by Gasteiger charge is 2.23. The van der Waals surface area contributed by atoms with Gasteiger partial charge >= 0.3 is 13.2 Å². The fourth-order valence-corrected chi connectivity index (χ4v) is 4.25.